The van der Waals surface area contributed by atoms with E-state index in [0.29, 0.717) is 5.92 Å². The van der Waals surface area contributed by atoms with Gasteiger partial charge in [-0.3, -0.25) is 10.3 Å². The van der Waals surface area contributed by atoms with Crippen molar-refractivity contribution in [1.82, 2.24) is 5.32 Å². The Hall–Kier alpha value is -1.42. The first-order valence-electron chi connectivity index (χ1n) is 6.38. The van der Waals surface area contributed by atoms with Crippen LogP contribution in [0.5, 0.6) is 5.75 Å². The Balaban J connectivity index is 1.91. The summed E-state index contributed by atoms with van der Waals surface area (Å²) in [5.41, 5.74) is 0.909. The fourth-order valence-corrected chi connectivity index (χ4v) is 2.95. The molecule has 0 aromatic heterocycles. The van der Waals surface area contributed by atoms with Crippen LogP contribution in [0.25, 0.3) is 0 Å². The molecule has 3 nitrogen and oxygen atoms in total. The largest absolute Gasteiger partial charge is 0.496 e. The van der Waals surface area contributed by atoms with Gasteiger partial charge >= 0.3 is 0 Å². The first-order chi connectivity index (χ1) is 8.78. The Morgan fingerprint density at radius 3 is 3.17 bits per heavy atom. The van der Waals surface area contributed by atoms with E-state index >= 15 is 0 Å². The van der Waals surface area contributed by atoms with Gasteiger partial charge in [0.2, 0.25) is 0 Å². The van der Waals surface area contributed by atoms with Gasteiger partial charge in [-0.2, -0.15) is 0 Å². The lowest BCUT2D eigenvalue weighted by atomic mass is 9.85. The topological polar surface area (TPSA) is 33.6 Å². The maximum Gasteiger partial charge on any atom is 0.123 e. The number of hydrogen-bond donors (Lipinski definition) is 1. The van der Waals surface area contributed by atoms with Crippen molar-refractivity contribution in [2.45, 2.75) is 24.9 Å². The van der Waals surface area contributed by atoms with Gasteiger partial charge in [-0.1, -0.05) is 0 Å². The highest BCUT2D eigenvalue weighted by Crippen LogP contribution is 2.36. The molecule has 96 valence electrons. The summed E-state index contributed by atoms with van der Waals surface area (Å²) in [5, 5.41) is 3.37. The summed E-state index contributed by atoms with van der Waals surface area (Å²) in [6.07, 6.45) is 4.37. The minimum absolute atomic E-state index is 0.164. The van der Waals surface area contributed by atoms with Crippen LogP contribution in [0.3, 0.4) is 0 Å². The van der Waals surface area contributed by atoms with Crippen molar-refractivity contribution >= 4 is 6.21 Å². The van der Waals surface area contributed by atoms with Crippen molar-refractivity contribution in [2.75, 3.05) is 13.7 Å². The molecule has 1 aromatic rings. The third kappa shape index (κ3) is 2.01. The molecule has 0 radical (unpaired) electrons. The molecular formula is C14H17FN2O. The number of fused-ring (bicyclic) bond motifs is 1. The van der Waals surface area contributed by atoms with Gasteiger partial charge in [0, 0.05) is 17.7 Å². The highest BCUT2D eigenvalue weighted by atomic mass is 19.1. The Kier molecular flexibility index (Phi) is 3.04. The van der Waals surface area contributed by atoms with Crippen molar-refractivity contribution in [3.8, 4) is 5.75 Å². The second kappa shape index (κ2) is 4.69. The zero-order valence-electron chi connectivity index (χ0n) is 10.4. The second-order valence-corrected chi connectivity index (χ2v) is 4.97. The molecule has 0 bridgehead atoms. The number of methoxy groups -OCH3 is 1. The number of halogens is 1. The van der Waals surface area contributed by atoms with Gasteiger partial charge in [-0.25, -0.2) is 4.39 Å². The average Bonchev–Trinajstić information content (AvgIpc) is 2.85. The number of benzene rings is 1. The maximum atomic E-state index is 13.4. The zero-order chi connectivity index (χ0) is 12.5. The molecule has 2 heterocycles. The quantitative estimate of drug-likeness (QED) is 0.871. The molecular weight excluding hydrogens is 231 g/mol. The molecule has 0 spiro atoms. The van der Waals surface area contributed by atoms with Crippen molar-refractivity contribution < 1.29 is 9.13 Å². The molecule has 1 aromatic carbocycles. The van der Waals surface area contributed by atoms with Gasteiger partial charge < -0.3 is 4.74 Å². The summed E-state index contributed by atoms with van der Waals surface area (Å²) in [5.74, 6) is 1.26. The monoisotopic (exact) mass is 248 g/mol. The molecule has 1 fully saturated rings. The lowest BCUT2D eigenvalue weighted by Gasteiger charge is -2.26. The van der Waals surface area contributed by atoms with Gasteiger partial charge in [-0.05, 0) is 43.5 Å². The summed E-state index contributed by atoms with van der Waals surface area (Å²) in [7, 11) is 1.62. The maximum absolute atomic E-state index is 13.4. The van der Waals surface area contributed by atoms with E-state index in [9.17, 15) is 4.39 Å². The lowest BCUT2D eigenvalue weighted by Crippen LogP contribution is -2.30. The van der Waals surface area contributed by atoms with Crippen LogP contribution in [0.4, 0.5) is 4.39 Å². The van der Waals surface area contributed by atoms with E-state index < -0.39 is 0 Å². The predicted octanol–water partition coefficient (Wildman–Crippen LogP) is 2.33. The summed E-state index contributed by atoms with van der Waals surface area (Å²) in [6, 6.07) is 4.69. The number of nitrogens with one attached hydrogen (secondary N) is 1. The number of nitrogens with zero attached hydrogens (tertiary/aromatic N) is 1. The highest BCUT2D eigenvalue weighted by Gasteiger charge is 2.32. The van der Waals surface area contributed by atoms with Crippen LogP contribution >= 0.6 is 0 Å². The Morgan fingerprint density at radius 1 is 1.44 bits per heavy atom. The second-order valence-electron chi connectivity index (χ2n) is 4.97. The number of ether oxygens (including phenoxy) is 1. The Labute approximate surface area is 106 Å². The summed E-state index contributed by atoms with van der Waals surface area (Å²) >= 11 is 0. The van der Waals surface area contributed by atoms with E-state index in [-0.39, 0.29) is 17.9 Å². The van der Waals surface area contributed by atoms with Gasteiger partial charge in [0.25, 0.3) is 0 Å². The van der Waals surface area contributed by atoms with Crippen molar-refractivity contribution in [3.63, 3.8) is 0 Å². The summed E-state index contributed by atoms with van der Waals surface area (Å²) in [4.78, 5) is 4.54. The van der Waals surface area contributed by atoms with Crippen LogP contribution in [0.15, 0.2) is 23.2 Å². The molecule has 2 aliphatic rings. The van der Waals surface area contributed by atoms with Crippen LogP contribution in [-0.2, 0) is 0 Å². The third-order valence-electron chi connectivity index (χ3n) is 3.89. The molecule has 1 saturated heterocycles. The van der Waals surface area contributed by atoms with E-state index in [4.69, 9.17) is 4.74 Å². The summed E-state index contributed by atoms with van der Waals surface area (Å²) in [6.45, 7) is 1.03. The Bertz CT molecular complexity index is 475. The first-order valence-corrected chi connectivity index (χ1v) is 6.38. The minimum Gasteiger partial charge on any atom is -0.496 e. The highest BCUT2D eigenvalue weighted by molar-refractivity contribution is 5.70. The van der Waals surface area contributed by atoms with E-state index in [1.807, 2.05) is 6.21 Å². The van der Waals surface area contributed by atoms with Gasteiger partial charge in [0.05, 0.1) is 7.11 Å². The molecule has 3 rings (SSSR count). The van der Waals surface area contributed by atoms with E-state index in [1.54, 1.807) is 19.2 Å². The first kappa shape index (κ1) is 11.7. The molecule has 0 saturated carbocycles. The minimum atomic E-state index is -0.217. The lowest BCUT2D eigenvalue weighted by molar-refractivity contribution is 0.384. The predicted molar refractivity (Wildman–Crippen MR) is 68.7 cm³/mol. The van der Waals surface area contributed by atoms with E-state index in [0.717, 1.165) is 30.7 Å². The number of aliphatic imine (C=N–C) groups is 1. The molecule has 3 atom stereocenters. The molecule has 2 aliphatic heterocycles. The molecule has 3 unspecified atom stereocenters. The molecule has 0 aliphatic carbocycles. The fraction of sp³-hybridized carbons (Fsp3) is 0.500. The number of rotatable bonds is 2. The molecule has 4 heteroatoms. The molecule has 18 heavy (non-hydrogen) atoms. The standard InChI is InChI=1S/C14H17FN2O/c1-18-13-3-2-11(15)7-12(13)10-6-9-4-5-16-14(9)17-8-10/h2-3,7-10,14,16H,4-6H2,1H3. The van der Waals surface area contributed by atoms with Crippen LogP contribution in [-0.4, -0.2) is 26.0 Å². The van der Waals surface area contributed by atoms with Gasteiger partial charge in [0.15, 0.2) is 0 Å². The van der Waals surface area contributed by atoms with E-state index in [2.05, 4.69) is 10.3 Å². The molecule has 1 N–H and O–H groups in total. The smallest absolute Gasteiger partial charge is 0.123 e. The zero-order valence-corrected chi connectivity index (χ0v) is 10.4. The van der Waals surface area contributed by atoms with Crippen LogP contribution in [0.1, 0.15) is 24.3 Å². The van der Waals surface area contributed by atoms with Crippen LogP contribution in [0.2, 0.25) is 0 Å². The van der Waals surface area contributed by atoms with Gasteiger partial charge in [-0.15, -0.1) is 0 Å². The van der Waals surface area contributed by atoms with Gasteiger partial charge in [0.1, 0.15) is 17.7 Å². The average molecular weight is 248 g/mol. The molecule has 0 amide bonds. The van der Waals surface area contributed by atoms with E-state index in [1.165, 1.54) is 6.07 Å². The van der Waals surface area contributed by atoms with Crippen molar-refractivity contribution in [2.24, 2.45) is 10.9 Å². The summed E-state index contributed by atoms with van der Waals surface area (Å²) < 4.78 is 18.7. The van der Waals surface area contributed by atoms with Crippen molar-refractivity contribution in [1.29, 1.82) is 0 Å². The fourth-order valence-electron chi connectivity index (χ4n) is 2.95. The van der Waals surface area contributed by atoms with Crippen LogP contribution < -0.4 is 10.1 Å². The normalized spacial score (nSPS) is 30.2. The SMILES string of the molecule is COc1ccc(F)cc1C1C=NC2NCCC2C1. The third-order valence-corrected chi connectivity index (χ3v) is 3.89. The Morgan fingerprint density at radius 2 is 2.33 bits per heavy atom. The van der Waals surface area contributed by atoms with Crippen molar-refractivity contribution in [3.05, 3.63) is 29.6 Å². The van der Waals surface area contributed by atoms with Crippen LogP contribution in [0, 0.1) is 11.7 Å². The number of hydrogen-bond acceptors (Lipinski definition) is 3.